The summed E-state index contributed by atoms with van der Waals surface area (Å²) in [5.74, 6) is 1.27. The van der Waals surface area contributed by atoms with Gasteiger partial charge in [-0.2, -0.15) is 0 Å². The van der Waals surface area contributed by atoms with Crippen LogP contribution in [0, 0.1) is 0 Å². The first-order valence-electron chi connectivity index (χ1n) is 4.76. The Morgan fingerprint density at radius 3 is 2.50 bits per heavy atom. The predicted octanol–water partition coefficient (Wildman–Crippen LogP) is 3.02. The number of aliphatic hydroxyl groups excluding tert-OH is 1. The van der Waals surface area contributed by atoms with E-state index >= 15 is 0 Å². The van der Waals surface area contributed by atoms with Gasteiger partial charge in [0.05, 0.1) is 17.8 Å². The lowest BCUT2D eigenvalue weighted by Crippen LogP contribution is -1.87. The third-order valence-electron chi connectivity index (χ3n) is 2.02. The fourth-order valence-corrected chi connectivity index (χ4v) is 1.41. The molecule has 3 nitrogen and oxygen atoms in total. The zero-order chi connectivity index (χ0) is 11.4. The Labute approximate surface area is 98.3 Å². The molecule has 1 N–H and O–H groups in total. The average Bonchev–Trinajstić information content (AvgIpc) is 2.30. The molecule has 82 valence electrons. The Bertz CT molecular complexity index is 471. The molecular formula is C12H10ClNO2. The number of benzene rings is 1. The highest BCUT2D eigenvalue weighted by molar-refractivity contribution is 6.30. The van der Waals surface area contributed by atoms with Crippen LogP contribution in [-0.4, -0.2) is 10.1 Å². The maximum absolute atomic E-state index is 8.89. The van der Waals surface area contributed by atoms with Crippen molar-refractivity contribution < 1.29 is 9.84 Å². The van der Waals surface area contributed by atoms with Gasteiger partial charge in [-0.1, -0.05) is 23.7 Å². The molecule has 16 heavy (non-hydrogen) atoms. The van der Waals surface area contributed by atoms with E-state index in [9.17, 15) is 0 Å². The number of hydrogen-bond donors (Lipinski definition) is 1. The van der Waals surface area contributed by atoms with E-state index in [-0.39, 0.29) is 6.61 Å². The molecule has 2 aromatic rings. The van der Waals surface area contributed by atoms with Crippen LogP contribution in [0.25, 0.3) is 0 Å². The number of nitrogens with zero attached hydrogens (tertiary/aromatic N) is 1. The minimum atomic E-state index is 0.0268. The lowest BCUT2D eigenvalue weighted by molar-refractivity contribution is 0.281. The molecule has 1 aromatic heterocycles. The SMILES string of the molecule is OCc1ccc(Oc2cncc(Cl)c2)cc1. The number of pyridine rings is 1. The second kappa shape index (κ2) is 4.96. The summed E-state index contributed by atoms with van der Waals surface area (Å²) in [6, 6.07) is 8.86. The fraction of sp³-hybridized carbons (Fsp3) is 0.0833. The van der Waals surface area contributed by atoms with Crippen LogP contribution >= 0.6 is 11.6 Å². The molecule has 0 fully saturated rings. The third kappa shape index (κ3) is 2.72. The second-order valence-corrected chi connectivity index (χ2v) is 3.68. The highest BCUT2D eigenvalue weighted by atomic mass is 35.5. The van der Waals surface area contributed by atoms with Crippen LogP contribution in [0.15, 0.2) is 42.7 Å². The molecule has 0 atom stereocenters. The number of halogens is 1. The smallest absolute Gasteiger partial charge is 0.147 e. The van der Waals surface area contributed by atoms with E-state index in [0.29, 0.717) is 16.5 Å². The summed E-state index contributed by atoms with van der Waals surface area (Å²) in [4.78, 5) is 3.92. The van der Waals surface area contributed by atoms with Crippen molar-refractivity contribution >= 4 is 11.6 Å². The molecule has 0 bridgehead atoms. The van der Waals surface area contributed by atoms with E-state index in [1.807, 2.05) is 0 Å². The summed E-state index contributed by atoms with van der Waals surface area (Å²) in [7, 11) is 0. The monoisotopic (exact) mass is 235 g/mol. The van der Waals surface area contributed by atoms with Crippen molar-refractivity contribution in [1.29, 1.82) is 0 Å². The largest absolute Gasteiger partial charge is 0.456 e. The van der Waals surface area contributed by atoms with E-state index in [2.05, 4.69) is 4.98 Å². The zero-order valence-electron chi connectivity index (χ0n) is 8.43. The van der Waals surface area contributed by atoms with Crippen molar-refractivity contribution in [2.45, 2.75) is 6.61 Å². The molecule has 0 aliphatic rings. The van der Waals surface area contributed by atoms with Crippen molar-refractivity contribution in [2.75, 3.05) is 0 Å². The number of rotatable bonds is 3. The molecule has 0 amide bonds. The third-order valence-corrected chi connectivity index (χ3v) is 2.23. The summed E-state index contributed by atoms with van der Waals surface area (Å²) in [6.07, 6.45) is 3.13. The minimum Gasteiger partial charge on any atom is -0.456 e. The Kier molecular flexibility index (Phi) is 3.39. The molecule has 0 aliphatic carbocycles. The topological polar surface area (TPSA) is 42.4 Å². The minimum absolute atomic E-state index is 0.0268. The summed E-state index contributed by atoms with van der Waals surface area (Å²) >= 11 is 5.78. The van der Waals surface area contributed by atoms with Gasteiger partial charge in [0, 0.05) is 12.3 Å². The molecule has 2 rings (SSSR count). The number of aromatic nitrogens is 1. The van der Waals surface area contributed by atoms with Gasteiger partial charge in [0.2, 0.25) is 0 Å². The summed E-state index contributed by atoms with van der Waals surface area (Å²) in [6.45, 7) is 0.0268. The van der Waals surface area contributed by atoms with E-state index in [1.54, 1.807) is 42.7 Å². The van der Waals surface area contributed by atoms with E-state index in [1.165, 1.54) is 0 Å². The Hall–Kier alpha value is -1.58. The van der Waals surface area contributed by atoms with Crippen LogP contribution in [0.1, 0.15) is 5.56 Å². The number of hydrogen-bond acceptors (Lipinski definition) is 3. The highest BCUT2D eigenvalue weighted by Crippen LogP contribution is 2.23. The van der Waals surface area contributed by atoms with Gasteiger partial charge >= 0.3 is 0 Å². The standard InChI is InChI=1S/C12H10ClNO2/c13-10-5-12(7-14-6-10)16-11-3-1-9(8-15)2-4-11/h1-7,15H,8H2. The molecule has 0 saturated carbocycles. The van der Waals surface area contributed by atoms with Crippen molar-refractivity contribution in [1.82, 2.24) is 4.98 Å². The average molecular weight is 236 g/mol. The normalized spacial score (nSPS) is 10.1. The van der Waals surface area contributed by atoms with Gasteiger partial charge in [-0.05, 0) is 17.7 Å². The van der Waals surface area contributed by atoms with Gasteiger partial charge in [0.1, 0.15) is 11.5 Å². The van der Waals surface area contributed by atoms with E-state index in [0.717, 1.165) is 5.56 Å². The quantitative estimate of drug-likeness (QED) is 0.889. The first kappa shape index (κ1) is 10.9. The van der Waals surface area contributed by atoms with Crippen LogP contribution in [0.2, 0.25) is 5.02 Å². The molecule has 0 saturated heterocycles. The fourth-order valence-electron chi connectivity index (χ4n) is 1.25. The molecule has 4 heteroatoms. The van der Waals surface area contributed by atoms with Gasteiger partial charge in [-0.25, -0.2) is 0 Å². The first-order valence-corrected chi connectivity index (χ1v) is 5.14. The highest BCUT2D eigenvalue weighted by Gasteiger charge is 1.98. The molecule has 0 aliphatic heterocycles. The Balaban J connectivity index is 2.14. The van der Waals surface area contributed by atoms with Crippen LogP contribution in [0.4, 0.5) is 0 Å². The number of aliphatic hydroxyl groups is 1. The van der Waals surface area contributed by atoms with Crippen molar-refractivity contribution in [3.8, 4) is 11.5 Å². The van der Waals surface area contributed by atoms with Crippen LogP contribution < -0.4 is 4.74 Å². The molecule has 1 aromatic carbocycles. The summed E-state index contributed by atoms with van der Waals surface area (Å²) in [5.41, 5.74) is 0.844. The second-order valence-electron chi connectivity index (χ2n) is 3.24. The molecule has 0 spiro atoms. The lowest BCUT2D eigenvalue weighted by Gasteiger charge is -2.05. The lowest BCUT2D eigenvalue weighted by atomic mass is 10.2. The van der Waals surface area contributed by atoms with Gasteiger partial charge < -0.3 is 9.84 Å². The van der Waals surface area contributed by atoms with Crippen LogP contribution in [0.3, 0.4) is 0 Å². The van der Waals surface area contributed by atoms with Gasteiger partial charge in [0.15, 0.2) is 0 Å². The number of ether oxygens (including phenoxy) is 1. The van der Waals surface area contributed by atoms with Crippen molar-refractivity contribution in [2.24, 2.45) is 0 Å². The van der Waals surface area contributed by atoms with E-state index < -0.39 is 0 Å². The zero-order valence-corrected chi connectivity index (χ0v) is 9.19. The van der Waals surface area contributed by atoms with E-state index in [4.69, 9.17) is 21.4 Å². The molecular weight excluding hydrogens is 226 g/mol. The summed E-state index contributed by atoms with van der Waals surface area (Å²) in [5, 5.41) is 9.42. The molecule has 0 unspecified atom stereocenters. The Morgan fingerprint density at radius 1 is 1.12 bits per heavy atom. The first-order chi connectivity index (χ1) is 7.78. The van der Waals surface area contributed by atoms with Crippen LogP contribution in [-0.2, 0) is 6.61 Å². The summed E-state index contributed by atoms with van der Waals surface area (Å²) < 4.78 is 5.53. The van der Waals surface area contributed by atoms with Gasteiger partial charge in [-0.3, -0.25) is 4.98 Å². The van der Waals surface area contributed by atoms with Crippen LogP contribution in [0.5, 0.6) is 11.5 Å². The van der Waals surface area contributed by atoms with Gasteiger partial charge in [-0.15, -0.1) is 0 Å². The molecule has 0 radical (unpaired) electrons. The van der Waals surface area contributed by atoms with Crippen molar-refractivity contribution in [3.63, 3.8) is 0 Å². The maximum atomic E-state index is 8.89. The van der Waals surface area contributed by atoms with Crippen molar-refractivity contribution in [3.05, 3.63) is 53.3 Å². The maximum Gasteiger partial charge on any atom is 0.147 e. The Morgan fingerprint density at radius 2 is 1.88 bits per heavy atom. The van der Waals surface area contributed by atoms with Gasteiger partial charge in [0.25, 0.3) is 0 Å². The predicted molar refractivity (Wildman–Crippen MR) is 61.7 cm³/mol. The molecule has 1 heterocycles.